The highest BCUT2D eigenvalue weighted by Crippen LogP contribution is 2.16. The second kappa shape index (κ2) is 9.53. The van der Waals surface area contributed by atoms with Gasteiger partial charge in [0.2, 0.25) is 0 Å². The molecule has 0 radical (unpaired) electrons. The van der Waals surface area contributed by atoms with Gasteiger partial charge in [0.15, 0.2) is 12.4 Å². The van der Waals surface area contributed by atoms with Crippen LogP contribution in [-0.2, 0) is 4.79 Å². The number of thiophene rings is 1. The number of allylic oxidation sites excluding steroid dienone is 1. The fourth-order valence-corrected chi connectivity index (χ4v) is 2.99. The van der Waals surface area contributed by atoms with E-state index in [-0.39, 0.29) is 18.3 Å². The van der Waals surface area contributed by atoms with Crippen LogP contribution in [0.3, 0.4) is 0 Å². The molecular formula is C22H19NO4S. The van der Waals surface area contributed by atoms with Crippen LogP contribution in [0.15, 0.2) is 72.1 Å². The molecule has 0 fully saturated rings. The third-order valence-electron chi connectivity index (χ3n) is 3.82. The van der Waals surface area contributed by atoms with Crippen molar-refractivity contribution in [1.29, 1.82) is 0 Å². The van der Waals surface area contributed by atoms with Gasteiger partial charge >= 0.3 is 0 Å². The monoisotopic (exact) mass is 393 g/mol. The number of rotatable bonds is 8. The van der Waals surface area contributed by atoms with Gasteiger partial charge < -0.3 is 14.8 Å². The summed E-state index contributed by atoms with van der Waals surface area (Å²) in [6.45, 7) is -0.127. The normalized spacial score (nSPS) is 10.6. The fraction of sp³-hybridized carbons (Fsp3) is 0.0909. The van der Waals surface area contributed by atoms with E-state index in [0.29, 0.717) is 22.7 Å². The zero-order valence-corrected chi connectivity index (χ0v) is 16.1. The maximum Gasteiger partial charge on any atom is 0.262 e. The van der Waals surface area contributed by atoms with E-state index < -0.39 is 0 Å². The van der Waals surface area contributed by atoms with Crippen molar-refractivity contribution in [3.8, 4) is 11.5 Å². The molecule has 1 aromatic heterocycles. The predicted molar refractivity (Wildman–Crippen MR) is 111 cm³/mol. The largest absolute Gasteiger partial charge is 0.497 e. The third-order valence-corrected chi connectivity index (χ3v) is 4.66. The third kappa shape index (κ3) is 5.56. The number of anilines is 1. The number of carbonyl (C=O) groups excluding carboxylic acids is 2. The van der Waals surface area contributed by atoms with Crippen molar-refractivity contribution in [3.63, 3.8) is 0 Å². The van der Waals surface area contributed by atoms with E-state index in [1.165, 1.54) is 0 Å². The van der Waals surface area contributed by atoms with Crippen LogP contribution < -0.4 is 14.8 Å². The Kier molecular flexibility index (Phi) is 6.59. The first kappa shape index (κ1) is 19.4. The number of nitrogens with one attached hydrogen (secondary N) is 1. The molecule has 1 N–H and O–H groups in total. The summed E-state index contributed by atoms with van der Waals surface area (Å²) in [6.07, 6.45) is 3.34. The first-order valence-electron chi connectivity index (χ1n) is 8.57. The molecule has 0 atom stereocenters. The Morgan fingerprint density at radius 1 is 1.00 bits per heavy atom. The van der Waals surface area contributed by atoms with Gasteiger partial charge in [-0.15, -0.1) is 11.3 Å². The van der Waals surface area contributed by atoms with Crippen molar-refractivity contribution in [2.75, 3.05) is 19.0 Å². The number of amides is 1. The van der Waals surface area contributed by atoms with Crippen molar-refractivity contribution >= 4 is 34.8 Å². The van der Waals surface area contributed by atoms with Crippen molar-refractivity contribution in [2.45, 2.75) is 0 Å². The standard InChI is InChI=1S/C22H19NO4S/c1-26-18-10-6-17(7-11-18)23-22(25)15-27-19-8-4-16(5-9-19)21(24)13-12-20-3-2-14-28-20/h2-14H,15H2,1H3,(H,23,25). The summed E-state index contributed by atoms with van der Waals surface area (Å²) >= 11 is 1.57. The molecule has 0 saturated heterocycles. The van der Waals surface area contributed by atoms with Crippen LogP contribution in [-0.4, -0.2) is 25.4 Å². The van der Waals surface area contributed by atoms with Crippen LogP contribution in [0.4, 0.5) is 5.69 Å². The minimum absolute atomic E-state index is 0.0859. The average Bonchev–Trinajstić information content (AvgIpc) is 3.25. The molecule has 0 aliphatic heterocycles. The van der Waals surface area contributed by atoms with E-state index in [2.05, 4.69) is 5.32 Å². The summed E-state index contributed by atoms with van der Waals surface area (Å²) in [5.74, 6) is 0.874. The smallest absolute Gasteiger partial charge is 0.262 e. The van der Waals surface area contributed by atoms with Gasteiger partial charge in [-0.1, -0.05) is 6.07 Å². The van der Waals surface area contributed by atoms with Gasteiger partial charge in [0.05, 0.1) is 7.11 Å². The van der Waals surface area contributed by atoms with Crippen LogP contribution in [0.5, 0.6) is 11.5 Å². The molecule has 5 nitrogen and oxygen atoms in total. The number of carbonyl (C=O) groups is 2. The molecule has 0 saturated carbocycles. The molecule has 1 amide bonds. The summed E-state index contributed by atoms with van der Waals surface area (Å²) in [4.78, 5) is 25.2. The Balaban J connectivity index is 1.49. The molecule has 3 aromatic rings. The second-order valence-corrected chi connectivity index (χ2v) is 6.78. The summed E-state index contributed by atoms with van der Waals surface area (Å²) in [5, 5.41) is 4.70. The first-order chi connectivity index (χ1) is 13.6. The Labute approximate surface area is 167 Å². The zero-order valence-electron chi connectivity index (χ0n) is 15.3. The molecule has 1 heterocycles. The predicted octanol–water partition coefficient (Wildman–Crippen LogP) is 4.67. The van der Waals surface area contributed by atoms with E-state index in [0.717, 1.165) is 4.88 Å². The number of methoxy groups -OCH3 is 1. The van der Waals surface area contributed by atoms with E-state index in [4.69, 9.17) is 9.47 Å². The summed E-state index contributed by atoms with van der Waals surface area (Å²) in [5.41, 5.74) is 1.22. The molecule has 0 unspecified atom stereocenters. The lowest BCUT2D eigenvalue weighted by molar-refractivity contribution is -0.118. The van der Waals surface area contributed by atoms with Gasteiger partial charge in [0.1, 0.15) is 11.5 Å². The maximum absolute atomic E-state index is 12.2. The Hall–Kier alpha value is -3.38. The molecule has 0 aliphatic rings. The zero-order chi connectivity index (χ0) is 19.8. The fourth-order valence-electron chi connectivity index (χ4n) is 2.38. The minimum Gasteiger partial charge on any atom is -0.497 e. The first-order valence-corrected chi connectivity index (χ1v) is 9.45. The number of hydrogen-bond donors (Lipinski definition) is 1. The molecule has 0 spiro atoms. The highest BCUT2D eigenvalue weighted by Gasteiger charge is 2.06. The molecule has 28 heavy (non-hydrogen) atoms. The number of ketones is 1. The lowest BCUT2D eigenvalue weighted by atomic mass is 10.1. The molecule has 2 aromatic carbocycles. The van der Waals surface area contributed by atoms with E-state index in [9.17, 15) is 9.59 Å². The topological polar surface area (TPSA) is 64.6 Å². The lowest BCUT2D eigenvalue weighted by Crippen LogP contribution is -2.20. The summed E-state index contributed by atoms with van der Waals surface area (Å²) < 4.78 is 10.5. The van der Waals surface area contributed by atoms with Gasteiger partial charge in [0.25, 0.3) is 5.91 Å². The van der Waals surface area contributed by atoms with E-state index >= 15 is 0 Å². The second-order valence-electron chi connectivity index (χ2n) is 5.80. The van der Waals surface area contributed by atoms with Crippen LogP contribution in [0.1, 0.15) is 15.2 Å². The van der Waals surface area contributed by atoms with Gasteiger partial charge in [-0.05, 0) is 72.1 Å². The van der Waals surface area contributed by atoms with Gasteiger partial charge in [-0.3, -0.25) is 9.59 Å². The van der Waals surface area contributed by atoms with Gasteiger partial charge in [-0.2, -0.15) is 0 Å². The van der Waals surface area contributed by atoms with Crippen LogP contribution in [0, 0.1) is 0 Å². The highest BCUT2D eigenvalue weighted by molar-refractivity contribution is 7.10. The molecule has 3 rings (SSSR count). The Morgan fingerprint density at radius 2 is 1.71 bits per heavy atom. The number of hydrogen-bond acceptors (Lipinski definition) is 5. The molecule has 0 bridgehead atoms. The number of benzene rings is 2. The molecular weight excluding hydrogens is 374 g/mol. The SMILES string of the molecule is COc1ccc(NC(=O)COc2ccc(C(=O)C=Cc3cccs3)cc2)cc1. The Bertz CT molecular complexity index is 945. The van der Waals surface area contributed by atoms with Crippen molar-refractivity contribution in [3.05, 3.63) is 82.6 Å². The minimum atomic E-state index is -0.274. The Morgan fingerprint density at radius 3 is 2.36 bits per heavy atom. The number of ether oxygens (including phenoxy) is 2. The van der Waals surface area contributed by atoms with Crippen molar-refractivity contribution in [1.82, 2.24) is 0 Å². The van der Waals surface area contributed by atoms with E-state index in [1.54, 1.807) is 79.1 Å². The summed E-state index contributed by atoms with van der Waals surface area (Å²) in [7, 11) is 1.58. The lowest BCUT2D eigenvalue weighted by Gasteiger charge is -2.08. The van der Waals surface area contributed by atoms with Crippen molar-refractivity contribution in [2.24, 2.45) is 0 Å². The molecule has 0 aliphatic carbocycles. The maximum atomic E-state index is 12.2. The van der Waals surface area contributed by atoms with Crippen LogP contribution in [0.2, 0.25) is 0 Å². The quantitative estimate of drug-likeness (QED) is 0.446. The van der Waals surface area contributed by atoms with E-state index in [1.807, 2.05) is 17.5 Å². The van der Waals surface area contributed by atoms with Crippen molar-refractivity contribution < 1.29 is 19.1 Å². The van der Waals surface area contributed by atoms with Gasteiger partial charge in [-0.25, -0.2) is 0 Å². The van der Waals surface area contributed by atoms with Crippen LogP contribution in [0.25, 0.3) is 6.08 Å². The molecule has 6 heteroatoms. The highest BCUT2D eigenvalue weighted by atomic mass is 32.1. The summed E-state index contributed by atoms with van der Waals surface area (Å²) in [6, 6.07) is 17.6. The molecule has 142 valence electrons. The average molecular weight is 393 g/mol. The van der Waals surface area contributed by atoms with Gasteiger partial charge in [0, 0.05) is 16.1 Å². The van der Waals surface area contributed by atoms with Crippen LogP contribution >= 0.6 is 11.3 Å².